The molecule has 0 spiro atoms. The highest BCUT2D eigenvalue weighted by molar-refractivity contribution is 6.07. The SMILES string of the molecule is CCCCc1oc2ccccc2c1C(=O)NC(CO)CN(C)C. The first kappa shape index (κ1) is 17.5. The van der Waals surface area contributed by atoms with Gasteiger partial charge in [-0.05, 0) is 26.6 Å². The number of hydrogen-bond acceptors (Lipinski definition) is 4. The lowest BCUT2D eigenvalue weighted by Gasteiger charge is -2.20. The summed E-state index contributed by atoms with van der Waals surface area (Å²) in [6.45, 7) is 2.60. The van der Waals surface area contributed by atoms with Gasteiger partial charge in [0, 0.05) is 18.4 Å². The van der Waals surface area contributed by atoms with E-state index in [0.29, 0.717) is 12.1 Å². The number of amides is 1. The second kappa shape index (κ2) is 8.13. The predicted octanol–water partition coefficient (Wildman–Crippen LogP) is 2.43. The highest BCUT2D eigenvalue weighted by Gasteiger charge is 2.22. The van der Waals surface area contributed by atoms with Crippen LogP contribution in [0.5, 0.6) is 0 Å². The molecule has 2 aromatic rings. The second-order valence-electron chi connectivity index (χ2n) is 6.12. The molecule has 126 valence electrons. The van der Waals surface area contributed by atoms with Crippen molar-refractivity contribution in [3.8, 4) is 0 Å². The standard InChI is InChI=1S/C18H26N2O3/c1-4-5-9-16-17(14-8-6-7-10-15(14)23-16)18(22)19-13(12-21)11-20(2)3/h6-8,10,13,21H,4-5,9,11-12H2,1-3H3,(H,19,22). The van der Waals surface area contributed by atoms with Crippen molar-refractivity contribution in [2.24, 2.45) is 0 Å². The van der Waals surface area contributed by atoms with E-state index in [9.17, 15) is 9.90 Å². The topological polar surface area (TPSA) is 65.7 Å². The summed E-state index contributed by atoms with van der Waals surface area (Å²) >= 11 is 0. The summed E-state index contributed by atoms with van der Waals surface area (Å²) in [5.41, 5.74) is 1.34. The first-order valence-corrected chi connectivity index (χ1v) is 8.13. The van der Waals surface area contributed by atoms with Crippen LogP contribution in [-0.2, 0) is 6.42 Å². The summed E-state index contributed by atoms with van der Waals surface area (Å²) in [5, 5.41) is 13.2. The highest BCUT2D eigenvalue weighted by Crippen LogP contribution is 2.27. The number of hydrogen-bond donors (Lipinski definition) is 2. The van der Waals surface area contributed by atoms with Gasteiger partial charge < -0.3 is 19.7 Å². The van der Waals surface area contributed by atoms with Gasteiger partial charge in [-0.15, -0.1) is 0 Å². The number of aliphatic hydroxyl groups is 1. The van der Waals surface area contributed by atoms with Gasteiger partial charge in [-0.3, -0.25) is 4.79 Å². The molecule has 1 atom stereocenters. The number of aryl methyl sites for hydroxylation is 1. The molecule has 1 aromatic carbocycles. The maximum Gasteiger partial charge on any atom is 0.255 e. The van der Waals surface area contributed by atoms with Gasteiger partial charge in [0.15, 0.2) is 0 Å². The van der Waals surface area contributed by atoms with Gasteiger partial charge in [0.05, 0.1) is 18.2 Å². The number of carbonyl (C=O) groups is 1. The fraction of sp³-hybridized carbons (Fsp3) is 0.500. The van der Waals surface area contributed by atoms with E-state index in [1.807, 2.05) is 43.3 Å². The molecule has 1 heterocycles. The van der Waals surface area contributed by atoms with E-state index < -0.39 is 0 Å². The Kier molecular flexibility index (Phi) is 6.19. The molecular formula is C18H26N2O3. The van der Waals surface area contributed by atoms with Crippen molar-refractivity contribution in [3.63, 3.8) is 0 Å². The molecule has 0 aliphatic carbocycles. The molecule has 0 bridgehead atoms. The number of carbonyl (C=O) groups excluding carboxylic acids is 1. The largest absolute Gasteiger partial charge is 0.460 e. The minimum absolute atomic E-state index is 0.0933. The zero-order valence-corrected chi connectivity index (χ0v) is 14.1. The summed E-state index contributed by atoms with van der Waals surface area (Å²) in [7, 11) is 3.82. The first-order chi connectivity index (χ1) is 11.1. The van der Waals surface area contributed by atoms with Crippen LogP contribution >= 0.6 is 0 Å². The summed E-state index contributed by atoms with van der Waals surface area (Å²) in [6, 6.07) is 7.29. The molecule has 0 aliphatic heterocycles. The van der Waals surface area contributed by atoms with Gasteiger partial charge in [-0.25, -0.2) is 0 Å². The zero-order valence-electron chi connectivity index (χ0n) is 14.1. The van der Waals surface area contributed by atoms with E-state index in [2.05, 4.69) is 12.2 Å². The number of rotatable bonds is 8. The molecule has 0 saturated carbocycles. The molecular weight excluding hydrogens is 292 g/mol. The number of nitrogens with one attached hydrogen (secondary N) is 1. The van der Waals surface area contributed by atoms with E-state index in [1.54, 1.807) is 0 Å². The van der Waals surface area contributed by atoms with Crippen molar-refractivity contribution in [1.29, 1.82) is 0 Å². The first-order valence-electron chi connectivity index (χ1n) is 8.13. The van der Waals surface area contributed by atoms with Crippen LogP contribution in [0.2, 0.25) is 0 Å². The molecule has 1 amide bonds. The number of para-hydroxylation sites is 1. The van der Waals surface area contributed by atoms with Crippen LogP contribution in [0.1, 0.15) is 35.9 Å². The number of likely N-dealkylation sites (N-methyl/N-ethyl adjacent to an activating group) is 1. The zero-order chi connectivity index (χ0) is 16.8. The number of nitrogens with zero attached hydrogens (tertiary/aromatic N) is 1. The Morgan fingerprint density at radius 1 is 1.35 bits per heavy atom. The Hall–Kier alpha value is -1.85. The number of unbranched alkanes of at least 4 members (excludes halogenated alkanes) is 1. The van der Waals surface area contributed by atoms with Crippen molar-refractivity contribution in [3.05, 3.63) is 35.6 Å². The Labute approximate surface area is 137 Å². The van der Waals surface area contributed by atoms with E-state index in [0.717, 1.165) is 36.0 Å². The van der Waals surface area contributed by atoms with E-state index in [4.69, 9.17) is 4.42 Å². The normalized spacial score (nSPS) is 12.7. The second-order valence-corrected chi connectivity index (χ2v) is 6.12. The van der Waals surface area contributed by atoms with Crippen molar-refractivity contribution >= 4 is 16.9 Å². The molecule has 5 heteroatoms. The Morgan fingerprint density at radius 3 is 2.74 bits per heavy atom. The van der Waals surface area contributed by atoms with Crippen LogP contribution in [-0.4, -0.2) is 49.2 Å². The molecule has 0 saturated heterocycles. The van der Waals surface area contributed by atoms with E-state index in [-0.39, 0.29) is 18.6 Å². The van der Waals surface area contributed by atoms with Crippen LogP contribution in [0.3, 0.4) is 0 Å². The fourth-order valence-electron chi connectivity index (χ4n) is 2.71. The molecule has 0 fully saturated rings. The average molecular weight is 318 g/mol. The molecule has 5 nitrogen and oxygen atoms in total. The Morgan fingerprint density at radius 2 is 2.09 bits per heavy atom. The quantitative estimate of drug-likeness (QED) is 0.784. The maximum absolute atomic E-state index is 12.8. The molecule has 1 unspecified atom stereocenters. The highest BCUT2D eigenvalue weighted by atomic mass is 16.3. The van der Waals surface area contributed by atoms with E-state index in [1.165, 1.54) is 0 Å². The Bertz CT molecular complexity index is 649. The third kappa shape index (κ3) is 4.33. The minimum Gasteiger partial charge on any atom is -0.460 e. The number of fused-ring (bicyclic) bond motifs is 1. The fourth-order valence-corrected chi connectivity index (χ4v) is 2.71. The van der Waals surface area contributed by atoms with Crippen LogP contribution in [0.25, 0.3) is 11.0 Å². The van der Waals surface area contributed by atoms with Crippen molar-refractivity contribution in [2.75, 3.05) is 27.2 Å². The third-order valence-electron chi connectivity index (χ3n) is 3.79. The number of furan rings is 1. The van der Waals surface area contributed by atoms with Gasteiger partial charge in [-0.2, -0.15) is 0 Å². The lowest BCUT2D eigenvalue weighted by molar-refractivity contribution is 0.0904. The van der Waals surface area contributed by atoms with Gasteiger partial charge in [0.2, 0.25) is 0 Å². The minimum atomic E-state index is -0.301. The number of benzene rings is 1. The lowest BCUT2D eigenvalue weighted by atomic mass is 10.1. The van der Waals surface area contributed by atoms with Crippen molar-refractivity contribution in [1.82, 2.24) is 10.2 Å². The summed E-state index contributed by atoms with van der Waals surface area (Å²) < 4.78 is 5.88. The maximum atomic E-state index is 12.8. The molecule has 23 heavy (non-hydrogen) atoms. The van der Waals surface area contributed by atoms with Gasteiger partial charge in [0.1, 0.15) is 11.3 Å². The molecule has 0 aliphatic rings. The molecule has 1 aromatic heterocycles. The molecule has 2 rings (SSSR count). The predicted molar refractivity (Wildman–Crippen MR) is 91.7 cm³/mol. The van der Waals surface area contributed by atoms with Crippen LogP contribution in [0, 0.1) is 0 Å². The monoisotopic (exact) mass is 318 g/mol. The Balaban J connectivity index is 2.30. The summed E-state index contributed by atoms with van der Waals surface area (Å²) in [6.07, 6.45) is 2.75. The third-order valence-corrected chi connectivity index (χ3v) is 3.79. The number of aliphatic hydroxyl groups excluding tert-OH is 1. The van der Waals surface area contributed by atoms with Crippen LogP contribution in [0.15, 0.2) is 28.7 Å². The van der Waals surface area contributed by atoms with Crippen molar-refractivity contribution in [2.45, 2.75) is 32.2 Å². The van der Waals surface area contributed by atoms with Crippen LogP contribution < -0.4 is 5.32 Å². The van der Waals surface area contributed by atoms with Crippen LogP contribution in [0.4, 0.5) is 0 Å². The van der Waals surface area contributed by atoms with Crippen molar-refractivity contribution < 1.29 is 14.3 Å². The molecule has 2 N–H and O–H groups in total. The molecule has 0 radical (unpaired) electrons. The lowest BCUT2D eigenvalue weighted by Crippen LogP contribution is -2.44. The van der Waals surface area contributed by atoms with Gasteiger partial charge in [0.25, 0.3) is 5.91 Å². The summed E-state index contributed by atoms with van der Waals surface area (Å²) in [5.74, 6) is 0.550. The smallest absolute Gasteiger partial charge is 0.255 e. The summed E-state index contributed by atoms with van der Waals surface area (Å²) in [4.78, 5) is 14.7. The van der Waals surface area contributed by atoms with Gasteiger partial charge in [-0.1, -0.05) is 31.5 Å². The van der Waals surface area contributed by atoms with E-state index >= 15 is 0 Å². The van der Waals surface area contributed by atoms with Gasteiger partial charge >= 0.3 is 0 Å². The average Bonchev–Trinajstić information content (AvgIpc) is 2.90.